The lowest BCUT2D eigenvalue weighted by Crippen LogP contribution is -2.33. The highest BCUT2D eigenvalue weighted by Crippen LogP contribution is 2.26. The maximum atomic E-state index is 4.75. The van der Waals surface area contributed by atoms with Crippen LogP contribution in [0.4, 0.5) is 5.95 Å². The standard InChI is InChI=1S/C16H28N4/c1-15(2,3)12-17-13(16(4,5)6)19-14(18-12)20-10-8-7-9-11-20/h7-11H2,1-6H3. The van der Waals surface area contributed by atoms with E-state index in [1.54, 1.807) is 0 Å². The van der Waals surface area contributed by atoms with Gasteiger partial charge < -0.3 is 4.90 Å². The van der Waals surface area contributed by atoms with Crippen LogP contribution in [-0.2, 0) is 10.8 Å². The minimum Gasteiger partial charge on any atom is -0.341 e. The van der Waals surface area contributed by atoms with Crippen molar-refractivity contribution < 1.29 is 0 Å². The topological polar surface area (TPSA) is 41.9 Å². The molecule has 0 aromatic carbocycles. The highest BCUT2D eigenvalue weighted by molar-refractivity contribution is 5.32. The van der Waals surface area contributed by atoms with E-state index in [1.165, 1.54) is 19.3 Å². The SMILES string of the molecule is CC(C)(C)c1nc(N2CCCCC2)nc(C(C)(C)C)n1. The Labute approximate surface area is 123 Å². The molecule has 0 spiro atoms. The molecule has 1 aliphatic heterocycles. The van der Waals surface area contributed by atoms with Crippen molar-refractivity contribution in [3.8, 4) is 0 Å². The number of rotatable bonds is 1. The lowest BCUT2D eigenvalue weighted by atomic mass is 9.93. The molecular formula is C16H28N4. The van der Waals surface area contributed by atoms with E-state index in [1.807, 2.05) is 0 Å². The van der Waals surface area contributed by atoms with E-state index in [0.717, 1.165) is 30.7 Å². The van der Waals surface area contributed by atoms with Crippen molar-refractivity contribution in [2.75, 3.05) is 18.0 Å². The summed E-state index contributed by atoms with van der Waals surface area (Å²) in [5.74, 6) is 2.67. The molecule has 1 saturated heterocycles. The van der Waals surface area contributed by atoms with Gasteiger partial charge in [-0.05, 0) is 19.3 Å². The Hall–Kier alpha value is -1.19. The van der Waals surface area contributed by atoms with Gasteiger partial charge in [0, 0.05) is 23.9 Å². The van der Waals surface area contributed by atoms with Crippen LogP contribution in [0.5, 0.6) is 0 Å². The van der Waals surface area contributed by atoms with Crippen LogP contribution in [-0.4, -0.2) is 28.0 Å². The fraction of sp³-hybridized carbons (Fsp3) is 0.812. The van der Waals surface area contributed by atoms with E-state index in [9.17, 15) is 0 Å². The normalized spacial score (nSPS) is 17.4. The lowest BCUT2D eigenvalue weighted by molar-refractivity contribution is 0.488. The predicted octanol–water partition coefficient (Wildman–Crippen LogP) is 3.46. The van der Waals surface area contributed by atoms with E-state index in [-0.39, 0.29) is 10.8 Å². The average molecular weight is 276 g/mol. The fourth-order valence-electron chi connectivity index (χ4n) is 2.27. The lowest BCUT2D eigenvalue weighted by Gasteiger charge is -2.29. The average Bonchev–Trinajstić information content (AvgIpc) is 2.37. The molecule has 1 aliphatic rings. The molecule has 4 heteroatoms. The van der Waals surface area contributed by atoms with Crippen LogP contribution >= 0.6 is 0 Å². The molecule has 1 aromatic rings. The van der Waals surface area contributed by atoms with Gasteiger partial charge >= 0.3 is 0 Å². The molecule has 1 fully saturated rings. The molecule has 2 heterocycles. The summed E-state index contributed by atoms with van der Waals surface area (Å²) in [6, 6.07) is 0. The van der Waals surface area contributed by atoms with Gasteiger partial charge in [-0.25, -0.2) is 4.98 Å². The van der Waals surface area contributed by atoms with E-state index in [2.05, 4.69) is 46.4 Å². The van der Waals surface area contributed by atoms with Crippen molar-refractivity contribution in [3.63, 3.8) is 0 Å². The van der Waals surface area contributed by atoms with E-state index >= 15 is 0 Å². The van der Waals surface area contributed by atoms with Crippen LogP contribution in [0.3, 0.4) is 0 Å². The first-order valence-corrected chi connectivity index (χ1v) is 7.70. The third-order valence-corrected chi connectivity index (χ3v) is 3.60. The van der Waals surface area contributed by atoms with Gasteiger partial charge in [-0.15, -0.1) is 0 Å². The number of hydrogen-bond acceptors (Lipinski definition) is 4. The molecule has 0 atom stereocenters. The maximum Gasteiger partial charge on any atom is 0.228 e. The summed E-state index contributed by atoms with van der Waals surface area (Å²) in [6.07, 6.45) is 3.79. The van der Waals surface area contributed by atoms with Gasteiger partial charge in [-0.2, -0.15) is 9.97 Å². The van der Waals surface area contributed by atoms with Crippen molar-refractivity contribution in [3.05, 3.63) is 11.6 Å². The molecule has 4 nitrogen and oxygen atoms in total. The summed E-state index contributed by atoms with van der Waals surface area (Å²) < 4.78 is 0. The molecule has 1 aromatic heterocycles. The smallest absolute Gasteiger partial charge is 0.228 e. The zero-order chi connectivity index (χ0) is 15.0. The number of hydrogen-bond donors (Lipinski definition) is 0. The van der Waals surface area contributed by atoms with Crippen molar-refractivity contribution in [2.24, 2.45) is 0 Å². The molecular weight excluding hydrogens is 248 g/mol. The van der Waals surface area contributed by atoms with Gasteiger partial charge in [0.1, 0.15) is 11.6 Å². The number of aromatic nitrogens is 3. The van der Waals surface area contributed by atoms with Gasteiger partial charge in [0.05, 0.1) is 0 Å². The minimum absolute atomic E-state index is 0.0481. The van der Waals surface area contributed by atoms with Crippen LogP contribution in [0.2, 0.25) is 0 Å². The molecule has 0 N–H and O–H groups in total. The van der Waals surface area contributed by atoms with Crippen LogP contribution in [0, 0.1) is 0 Å². The van der Waals surface area contributed by atoms with Crippen molar-refractivity contribution in [2.45, 2.75) is 71.6 Å². The maximum absolute atomic E-state index is 4.75. The molecule has 0 bridgehead atoms. The molecule has 0 amide bonds. The molecule has 20 heavy (non-hydrogen) atoms. The Bertz CT molecular complexity index is 430. The molecule has 2 rings (SSSR count). The quantitative estimate of drug-likeness (QED) is 0.788. The third kappa shape index (κ3) is 3.47. The monoisotopic (exact) mass is 276 g/mol. The molecule has 112 valence electrons. The zero-order valence-electron chi connectivity index (χ0n) is 13.8. The Morgan fingerprint density at radius 3 is 1.55 bits per heavy atom. The molecule has 0 saturated carbocycles. The summed E-state index contributed by atoms with van der Waals surface area (Å²) in [7, 11) is 0. The van der Waals surface area contributed by atoms with E-state index < -0.39 is 0 Å². The van der Waals surface area contributed by atoms with Crippen molar-refractivity contribution in [1.82, 2.24) is 15.0 Å². The minimum atomic E-state index is -0.0481. The summed E-state index contributed by atoms with van der Waals surface area (Å²) in [5, 5.41) is 0. The number of anilines is 1. The van der Waals surface area contributed by atoms with Gasteiger partial charge in [0.2, 0.25) is 5.95 Å². The summed E-state index contributed by atoms with van der Waals surface area (Å²) in [6.45, 7) is 15.1. The molecule has 0 unspecified atom stereocenters. The van der Waals surface area contributed by atoms with Crippen LogP contribution in [0.15, 0.2) is 0 Å². The first-order chi connectivity index (χ1) is 9.18. The Morgan fingerprint density at radius 2 is 1.15 bits per heavy atom. The first kappa shape index (κ1) is 15.2. The summed E-state index contributed by atoms with van der Waals surface area (Å²) in [5.41, 5.74) is -0.0963. The summed E-state index contributed by atoms with van der Waals surface area (Å²) in [4.78, 5) is 16.5. The van der Waals surface area contributed by atoms with Gasteiger partial charge in [0.25, 0.3) is 0 Å². The predicted molar refractivity (Wildman–Crippen MR) is 83.3 cm³/mol. The Morgan fingerprint density at radius 1 is 0.700 bits per heavy atom. The van der Waals surface area contributed by atoms with Gasteiger partial charge in [-0.1, -0.05) is 41.5 Å². The summed E-state index contributed by atoms with van der Waals surface area (Å²) >= 11 is 0. The van der Waals surface area contributed by atoms with E-state index in [4.69, 9.17) is 15.0 Å². The zero-order valence-corrected chi connectivity index (χ0v) is 13.8. The fourth-order valence-corrected chi connectivity index (χ4v) is 2.27. The molecule has 0 aliphatic carbocycles. The highest BCUT2D eigenvalue weighted by Gasteiger charge is 2.26. The highest BCUT2D eigenvalue weighted by atomic mass is 15.3. The second-order valence-electron chi connectivity index (χ2n) is 7.83. The van der Waals surface area contributed by atoms with Crippen molar-refractivity contribution >= 4 is 5.95 Å². The molecule has 0 radical (unpaired) electrons. The van der Waals surface area contributed by atoms with E-state index in [0.29, 0.717) is 0 Å². The number of piperidine rings is 1. The number of nitrogens with zero attached hydrogens (tertiary/aromatic N) is 4. The second kappa shape index (κ2) is 5.30. The van der Waals surface area contributed by atoms with Crippen LogP contribution in [0.25, 0.3) is 0 Å². The largest absolute Gasteiger partial charge is 0.341 e. The third-order valence-electron chi connectivity index (χ3n) is 3.60. The first-order valence-electron chi connectivity index (χ1n) is 7.70. The van der Waals surface area contributed by atoms with Gasteiger partial charge in [-0.3, -0.25) is 0 Å². The second-order valence-corrected chi connectivity index (χ2v) is 7.83. The van der Waals surface area contributed by atoms with Gasteiger partial charge in [0.15, 0.2) is 0 Å². The Balaban J connectivity index is 2.45. The van der Waals surface area contributed by atoms with Crippen molar-refractivity contribution in [1.29, 1.82) is 0 Å². The Kier molecular flexibility index (Phi) is 4.03. The van der Waals surface area contributed by atoms with Crippen LogP contribution < -0.4 is 4.90 Å². The van der Waals surface area contributed by atoms with Crippen LogP contribution in [0.1, 0.15) is 72.5 Å².